The highest BCUT2D eigenvalue weighted by molar-refractivity contribution is 7.92. The van der Waals surface area contributed by atoms with Crippen molar-refractivity contribution >= 4 is 21.6 Å². The standard InChI is InChI=1S/C25H28N2O3S/c1-4-20-13-9-11-17-23(20)27(31(3,29)30)18-24(28)26-25(21-14-6-5-7-15-21)22-16-10-8-12-19(22)2/h5-17,25H,4,18H2,1-3H3,(H,26,28)/t25-/m1/s1. The Kier molecular flexibility index (Phi) is 7.13. The predicted molar refractivity (Wildman–Crippen MR) is 126 cm³/mol. The van der Waals surface area contributed by atoms with Crippen molar-refractivity contribution in [2.45, 2.75) is 26.3 Å². The number of carbonyl (C=O) groups excluding carboxylic acids is 1. The van der Waals surface area contributed by atoms with Crippen molar-refractivity contribution in [3.05, 3.63) is 101 Å². The van der Waals surface area contributed by atoms with Crippen LogP contribution in [0.1, 0.15) is 35.2 Å². The van der Waals surface area contributed by atoms with Crippen LogP contribution >= 0.6 is 0 Å². The molecule has 6 heteroatoms. The minimum atomic E-state index is -3.65. The lowest BCUT2D eigenvalue weighted by Gasteiger charge is -2.26. The van der Waals surface area contributed by atoms with Crippen LogP contribution in [-0.4, -0.2) is 27.1 Å². The number of aryl methyl sites for hydroxylation is 2. The molecular weight excluding hydrogens is 408 g/mol. The van der Waals surface area contributed by atoms with Gasteiger partial charge in [0.25, 0.3) is 0 Å². The third-order valence-electron chi connectivity index (χ3n) is 5.27. The molecule has 0 saturated carbocycles. The highest BCUT2D eigenvalue weighted by Crippen LogP contribution is 2.26. The van der Waals surface area contributed by atoms with Gasteiger partial charge >= 0.3 is 0 Å². The second-order valence-corrected chi connectivity index (χ2v) is 9.43. The molecule has 0 radical (unpaired) electrons. The zero-order valence-corrected chi connectivity index (χ0v) is 18.9. The van der Waals surface area contributed by atoms with Gasteiger partial charge in [-0.1, -0.05) is 79.7 Å². The van der Waals surface area contributed by atoms with E-state index in [1.165, 1.54) is 4.31 Å². The van der Waals surface area contributed by atoms with E-state index in [1.54, 1.807) is 12.1 Å². The number of benzene rings is 3. The van der Waals surface area contributed by atoms with Gasteiger partial charge in [-0.05, 0) is 41.7 Å². The Morgan fingerprint density at radius 1 is 0.935 bits per heavy atom. The molecule has 0 saturated heterocycles. The number of rotatable bonds is 8. The van der Waals surface area contributed by atoms with E-state index in [1.807, 2.05) is 80.6 Å². The number of hydrogen-bond donors (Lipinski definition) is 1. The van der Waals surface area contributed by atoms with Gasteiger partial charge in [0.1, 0.15) is 6.54 Å². The molecule has 0 heterocycles. The van der Waals surface area contributed by atoms with Crippen molar-refractivity contribution in [3.8, 4) is 0 Å². The van der Waals surface area contributed by atoms with E-state index in [4.69, 9.17) is 0 Å². The van der Waals surface area contributed by atoms with E-state index >= 15 is 0 Å². The molecule has 0 bridgehead atoms. The molecule has 0 unspecified atom stereocenters. The molecule has 162 valence electrons. The fourth-order valence-corrected chi connectivity index (χ4v) is 4.56. The molecule has 3 rings (SSSR count). The number of sulfonamides is 1. The highest BCUT2D eigenvalue weighted by atomic mass is 32.2. The lowest BCUT2D eigenvalue weighted by atomic mass is 9.95. The largest absolute Gasteiger partial charge is 0.344 e. The molecule has 1 amide bonds. The topological polar surface area (TPSA) is 66.5 Å². The quantitative estimate of drug-likeness (QED) is 0.575. The minimum Gasteiger partial charge on any atom is -0.344 e. The number of carbonyl (C=O) groups is 1. The maximum absolute atomic E-state index is 13.1. The summed E-state index contributed by atoms with van der Waals surface area (Å²) < 4.78 is 26.3. The lowest BCUT2D eigenvalue weighted by Crippen LogP contribution is -2.42. The summed E-state index contributed by atoms with van der Waals surface area (Å²) in [5.74, 6) is -0.367. The second-order valence-electron chi connectivity index (χ2n) is 7.52. The van der Waals surface area contributed by atoms with Crippen LogP contribution in [0.2, 0.25) is 0 Å². The maximum Gasteiger partial charge on any atom is 0.241 e. The van der Waals surface area contributed by atoms with Crippen LogP contribution < -0.4 is 9.62 Å². The van der Waals surface area contributed by atoms with E-state index in [-0.39, 0.29) is 18.5 Å². The molecule has 5 nitrogen and oxygen atoms in total. The van der Waals surface area contributed by atoms with Gasteiger partial charge < -0.3 is 5.32 Å². The smallest absolute Gasteiger partial charge is 0.241 e. The van der Waals surface area contributed by atoms with Gasteiger partial charge in [-0.15, -0.1) is 0 Å². The number of anilines is 1. The molecule has 0 aliphatic rings. The van der Waals surface area contributed by atoms with E-state index in [2.05, 4.69) is 5.32 Å². The maximum atomic E-state index is 13.1. The first kappa shape index (κ1) is 22.6. The van der Waals surface area contributed by atoms with Crippen LogP contribution in [0, 0.1) is 6.92 Å². The molecule has 3 aromatic rings. The van der Waals surface area contributed by atoms with Gasteiger partial charge in [0.2, 0.25) is 15.9 Å². The first-order chi connectivity index (χ1) is 14.8. The van der Waals surface area contributed by atoms with Crippen LogP contribution in [0.3, 0.4) is 0 Å². The van der Waals surface area contributed by atoms with Crippen LogP contribution in [0.15, 0.2) is 78.9 Å². The Hall–Kier alpha value is -3.12. The fraction of sp³-hybridized carbons (Fsp3) is 0.240. The van der Waals surface area contributed by atoms with Crippen molar-refractivity contribution < 1.29 is 13.2 Å². The molecular formula is C25H28N2O3S. The Balaban J connectivity index is 1.93. The van der Waals surface area contributed by atoms with Gasteiger partial charge in [-0.25, -0.2) is 8.42 Å². The lowest BCUT2D eigenvalue weighted by molar-refractivity contribution is -0.120. The summed E-state index contributed by atoms with van der Waals surface area (Å²) in [7, 11) is -3.65. The van der Waals surface area contributed by atoms with Crippen molar-refractivity contribution in [2.24, 2.45) is 0 Å². The first-order valence-corrected chi connectivity index (χ1v) is 12.1. The molecule has 0 spiro atoms. The average Bonchev–Trinajstić information content (AvgIpc) is 2.76. The fourth-order valence-electron chi connectivity index (χ4n) is 3.67. The summed E-state index contributed by atoms with van der Waals surface area (Å²) in [6, 6.07) is 24.4. The SMILES string of the molecule is CCc1ccccc1N(CC(=O)N[C@H](c1ccccc1)c1ccccc1C)S(C)(=O)=O. The van der Waals surface area contributed by atoms with E-state index < -0.39 is 10.0 Å². The second kappa shape index (κ2) is 9.79. The summed E-state index contributed by atoms with van der Waals surface area (Å²) in [4.78, 5) is 13.1. The molecule has 31 heavy (non-hydrogen) atoms. The number of nitrogens with one attached hydrogen (secondary N) is 1. The van der Waals surface area contributed by atoms with Gasteiger partial charge in [-0.3, -0.25) is 9.10 Å². The Morgan fingerprint density at radius 3 is 2.19 bits per heavy atom. The Bertz CT molecular complexity index is 1140. The molecule has 0 fully saturated rings. The predicted octanol–water partition coefficient (Wildman–Crippen LogP) is 4.23. The van der Waals surface area contributed by atoms with Crippen molar-refractivity contribution in [3.63, 3.8) is 0 Å². The monoisotopic (exact) mass is 436 g/mol. The Labute approximate surface area is 184 Å². The zero-order chi connectivity index (χ0) is 22.4. The van der Waals surface area contributed by atoms with E-state index in [0.717, 1.165) is 28.5 Å². The third-order valence-corrected chi connectivity index (χ3v) is 6.39. The number of para-hydroxylation sites is 1. The van der Waals surface area contributed by atoms with Gasteiger partial charge in [-0.2, -0.15) is 0 Å². The Morgan fingerprint density at radius 2 is 1.55 bits per heavy atom. The van der Waals surface area contributed by atoms with Gasteiger partial charge in [0.15, 0.2) is 0 Å². The summed E-state index contributed by atoms with van der Waals surface area (Å²) in [6.07, 6.45) is 1.79. The minimum absolute atomic E-state index is 0.287. The number of nitrogens with zero attached hydrogens (tertiary/aromatic N) is 1. The summed E-state index contributed by atoms with van der Waals surface area (Å²) >= 11 is 0. The molecule has 0 aliphatic carbocycles. The zero-order valence-electron chi connectivity index (χ0n) is 18.1. The van der Waals surface area contributed by atoms with E-state index in [9.17, 15) is 13.2 Å². The van der Waals surface area contributed by atoms with Gasteiger partial charge in [0.05, 0.1) is 18.0 Å². The van der Waals surface area contributed by atoms with Crippen LogP contribution in [0.5, 0.6) is 0 Å². The molecule has 0 aliphatic heterocycles. The third kappa shape index (κ3) is 5.52. The van der Waals surface area contributed by atoms with Gasteiger partial charge in [0, 0.05) is 0 Å². The normalized spacial score (nSPS) is 12.2. The first-order valence-electron chi connectivity index (χ1n) is 10.3. The number of hydrogen-bond acceptors (Lipinski definition) is 3. The highest BCUT2D eigenvalue weighted by Gasteiger charge is 2.25. The summed E-state index contributed by atoms with van der Waals surface area (Å²) in [5.41, 5.74) is 4.37. The van der Waals surface area contributed by atoms with Crippen molar-refractivity contribution in [1.29, 1.82) is 0 Å². The summed E-state index contributed by atoms with van der Waals surface area (Å²) in [6.45, 7) is 3.67. The molecule has 0 aromatic heterocycles. The summed E-state index contributed by atoms with van der Waals surface area (Å²) in [5, 5.41) is 3.06. The van der Waals surface area contributed by atoms with Crippen LogP contribution in [0.4, 0.5) is 5.69 Å². The van der Waals surface area contributed by atoms with Crippen LogP contribution in [-0.2, 0) is 21.2 Å². The van der Waals surface area contributed by atoms with Crippen LogP contribution in [0.25, 0.3) is 0 Å². The van der Waals surface area contributed by atoms with Crippen molar-refractivity contribution in [2.75, 3.05) is 17.1 Å². The molecule has 3 aromatic carbocycles. The average molecular weight is 437 g/mol. The number of amides is 1. The molecule has 1 N–H and O–H groups in total. The molecule has 1 atom stereocenters. The van der Waals surface area contributed by atoms with Crippen molar-refractivity contribution in [1.82, 2.24) is 5.32 Å². The van der Waals surface area contributed by atoms with E-state index in [0.29, 0.717) is 12.1 Å².